The molecule has 2 heteroatoms. The summed E-state index contributed by atoms with van der Waals surface area (Å²) in [4.78, 5) is 0. The van der Waals surface area contributed by atoms with Gasteiger partial charge in [-0.05, 0) is 12.8 Å². The van der Waals surface area contributed by atoms with E-state index in [9.17, 15) is 0 Å². The van der Waals surface area contributed by atoms with E-state index in [0.29, 0.717) is 4.75 Å². The van der Waals surface area contributed by atoms with Gasteiger partial charge in [0, 0.05) is 23.1 Å². The highest BCUT2D eigenvalue weighted by Gasteiger charge is 2.12. The van der Waals surface area contributed by atoms with Crippen LogP contribution < -0.4 is 5.32 Å². The molecule has 0 atom stereocenters. The highest BCUT2D eigenvalue weighted by atomic mass is 32.2. The predicted octanol–water partition coefficient (Wildman–Crippen LogP) is 3.83. The Kier molecular flexibility index (Phi) is 6.06. The molecule has 0 aromatic carbocycles. The molecule has 1 aliphatic carbocycles. The third-order valence-electron chi connectivity index (χ3n) is 2.93. The van der Waals surface area contributed by atoms with Crippen molar-refractivity contribution in [1.29, 1.82) is 0 Å². The highest BCUT2D eigenvalue weighted by molar-refractivity contribution is 8.00. The lowest BCUT2D eigenvalue weighted by Gasteiger charge is -2.20. The van der Waals surface area contributed by atoms with Crippen LogP contribution in [-0.2, 0) is 0 Å². The molecule has 90 valence electrons. The summed E-state index contributed by atoms with van der Waals surface area (Å²) in [6.07, 6.45) is 8.58. The van der Waals surface area contributed by atoms with Gasteiger partial charge in [0.05, 0.1) is 0 Å². The fourth-order valence-corrected chi connectivity index (χ4v) is 2.94. The van der Waals surface area contributed by atoms with Crippen LogP contribution in [0.4, 0.5) is 0 Å². The van der Waals surface area contributed by atoms with Crippen LogP contribution in [0, 0.1) is 0 Å². The maximum Gasteiger partial charge on any atom is 0.00755 e. The average Bonchev–Trinajstić information content (AvgIpc) is 2.39. The first-order valence-corrected chi connectivity index (χ1v) is 7.44. The first-order valence-electron chi connectivity index (χ1n) is 6.45. The maximum atomic E-state index is 3.71. The maximum absolute atomic E-state index is 3.71. The summed E-state index contributed by atoms with van der Waals surface area (Å²) in [6.45, 7) is 8.07. The normalized spacial score (nSPS) is 20.2. The van der Waals surface area contributed by atoms with E-state index in [0.717, 1.165) is 6.04 Å². The molecule has 1 rings (SSSR count). The van der Waals surface area contributed by atoms with E-state index in [2.05, 4.69) is 37.8 Å². The van der Waals surface area contributed by atoms with Gasteiger partial charge >= 0.3 is 0 Å². The van der Waals surface area contributed by atoms with E-state index in [4.69, 9.17) is 0 Å². The molecule has 1 saturated carbocycles. The zero-order valence-electron chi connectivity index (χ0n) is 10.6. The van der Waals surface area contributed by atoms with Crippen molar-refractivity contribution in [2.75, 3.05) is 12.3 Å². The molecule has 0 heterocycles. The van der Waals surface area contributed by atoms with Gasteiger partial charge in [0.25, 0.3) is 0 Å². The van der Waals surface area contributed by atoms with Gasteiger partial charge in [-0.2, -0.15) is 11.8 Å². The van der Waals surface area contributed by atoms with Crippen LogP contribution in [0.2, 0.25) is 0 Å². The zero-order chi connectivity index (χ0) is 11.1. The first-order chi connectivity index (χ1) is 7.08. The molecule has 0 bridgehead atoms. The molecule has 0 aliphatic heterocycles. The largest absolute Gasteiger partial charge is 0.313 e. The third-order valence-corrected chi connectivity index (χ3v) is 4.20. The van der Waals surface area contributed by atoms with Crippen molar-refractivity contribution in [3.05, 3.63) is 0 Å². The minimum absolute atomic E-state index is 0.422. The molecule has 0 spiro atoms. The monoisotopic (exact) mass is 229 g/mol. The lowest BCUT2D eigenvalue weighted by molar-refractivity contribution is 0.474. The Morgan fingerprint density at radius 3 is 2.20 bits per heavy atom. The van der Waals surface area contributed by atoms with Crippen molar-refractivity contribution < 1.29 is 0 Å². The third kappa shape index (κ3) is 7.24. The van der Waals surface area contributed by atoms with Gasteiger partial charge in [-0.3, -0.25) is 0 Å². The van der Waals surface area contributed by atoms with Gasteiger partial charge in [-0.1, -0.05) is 46.5 Å². The summed E-state index contributed by atoms with van der Waals surface area (Å²) < 4.78 is 0.422. The SMILES string of the molecule is CC(C)(C)SCCNC1CCCCCC1. The van der Waals surface area contributed by atoms with E-state index >= 15 is 0 Å². The van der Waals surface area contributed by atoms with Gasteiger partial charge in [-0.25, -0.2) is 0 Å². The van der Waals surface area contributed by atoms with Gasteiger partial charge in [-0.15, -0.1) is 0 Å². The van der Waals surface area contributed by atoms with Gasteiger partial charge in [0.15, 0.2) is 0 Å². The molecule has 0 radical (unpaired) electrons. The molecular formula is C13H27NS. The van der Waals surface area contributed by atoms with Crippen LogP contribution in [-0.4, -0.2) is 23.1 Å². The first kappa shape index (κ1) is 13.4. The van der Waals surface area contributed by atoms with E-state index in [-0.39, 0.29) is 0 Å². The summed E-state index contributed by atoms with van der Waals surface area (Å²) in [5, 5.41) is 3.71. The fraction of sp³-hybridized carbons (Fsp3) is 1.00. The molecule has 0 aromatic rings. The zero-order valence-corrected chi connectivity index (χ0v) is 11.5. The summed E-state index contributed by atoms with van der Waals surface area (Å²) in [7, 11) is 0. The number of hydrogen-bond acceptors (Lipinski definition) is 2. The second kappa shape index (κ2) is 6.80. The summed E-state index contributed by atoms with van der Waals surface area (Å²) in [6, 6.07) is 0.813. The Balaban J connectivity index is 2.03. The number of hydrogen-bond donors (Lipinski definition) is 1. The van der Waals surface area contributed by atoms with Crippen molar-refractivity contribution in [2.24, 2.45) is 0 Å². The summed E-state index contributed by atoms with van der Waals surface area (Å²) >= 11 is 2.06. The molecule has 0 aromatic heterocycles. The number of thioether (sulfide) groups is 1. The quantitative estimate of drug-likeness (QED) is 0.581. The minimum Gasteiger partial charge on any atom is -0.313 e. The molecule has 1 fully saturated rings. The average molecular weight is 229 g/mol. The van der Waals surface area contributed by atoms with Crippen LogP contribution in [0.1, 0.15) is 59.3 Å². The van der Waals surface area contributed by atoms with Crippen molar-refractivity contribution in [3.8, 4) is 0 Å². The van der Waals surface area contributed by atoms with Crippen molar-refractivity contribution in [1.82, 2.24) is 5.32 Å². The predicted molar refractivity (Wildman–Crippen MR) is 71.7 cm³/mol. The van der Waals surface area contributed by atoms with Crippen molar-refractivity contribution in [3.63, 3.8) is 0 Å². The topological polar surface area (TPSA) is 12.0 Å². The molecule has 0 amide bonds. The van der Waals surface area contributed by atoms with Gasteiger partial charge < -0.3 is 5.32 Å². The molecule has 1 N–H and O–H groups in total. The smallest absolute Gasteiger partial charge is 0.00755 e. The lowest BCUT2D eigenvalue weighted by atomic mass is 10.1. The van der Waals surface area contributed by atoms with Crippen LogP contribution in [0.3, 0.4) is 0 Å². The standard InChI is InChI=1S/C13H27NS/c1-13(2,3)15-11-10-14-12-8-6-4-5-7-9-12/h12,14H,4-11H2,1-3H3. The lowest BCUT2D eigenvalue weighted by Crippen LogP contribution is -2.31. The molecular weight excluding hydrogens is 202 g/mol. The van der Waals surface area contributed by atoms with Crippen LogP contribution in [0.15, 0.2) is 0 Å². The Morgan fingerprint density at radius 1 is 1.07 bits per heavy atom. The Morgan fingerprint density at radius 2 is 1.67 bits per heavy atom. The Labute approximate surface area is 99.8 Å². The van der Waals surface area contributed by atoms with Gasteiger partial charge in [0.1, 0.15) is 0 Å². The van der Waals surface area contributed by atoms with E-state index in [1.165, 1.54) is 50.8 Å². The Hall–Kier alpha value is 0.310. The molecule has 15 heavy (non-hydrogen) atoms. The minimum atomic E-state index is 0.422. The second-order valence-electron chi connectivity index (χ2n) is 5.60. The van der Waals surface area contributed by atoms with Gasteiger partial charge in [0.2, 0.25) is 0 Å². The molecule has 1 nitrogen and oxygen atoms in total. The fourth-order valence-electron chi connectivity index (χ4n) is 2.10. The summed E-state index contributed by atoms with van der Waals surface area (Å²) in [5.41, 5.74) is 0. The van der Waals surface area contributed by atoms with E-state index in [1.807, 2.05) is 0 Å². The van der Waals surface area contributed by atoms with E-state index < -0.39 is 0 Å². The van der Waals surface area contributed by atoms with Crippen LogP contribution in [0.25, 0.3) is 0 Å². The summed E-state index contributed by atoms with van der Waals surface area (Å²) in [5.74, 6) is 1.25. The van der Waals surface area contributed by atoms with E-state index in [1.54, 1.807) is 0 Å². The number of nitrogens with one attached hydrogen (secondary N) is 1. The van der Waals surface area contributed by atoms with Crippen molar-refractivity contribution >= 4 is 11.8 Å². The van der Waals surface area contributed by atoms with Crippen LogP contribution in [0.5, 0.6) is 0 Å². The molecule has 1 aliphatic rings. The Bertz CT molecular complexity index is 154. The second-order valence-corrected chi connectivity index (χ2v) is 7.53. The molecule has 0 saturated heterocycles. The highest BCUT2D eigenvalue weighted by Crippen LogP contribution is 2.22. The van der Waals surface area contributed by atoms with Crippen molar-refractivity contribution in [2.45, 2.75) is 70.1 Å². The number of rotatable bonds is 4. The van der Waals surface area contributed by atoms with Crippen LogP contribution >= 0.6 is 11.8 Å². The molecule has 0 unspecified atom stereocenters.